The average molecular weight is 299 g/mol. The lowest BCUT2D eigenvalue weighted by atomic mass is 9.98. The summed E-state index contributed by atoms with van der Waals surface area (Å²) in [6.07, 6.45) is 5.54. The van der Waals surface area contributed by atoms with Gasteiger partial charge in [0.25, 0.3) is 0 Å². The topological polar surface area (TPSA) is 64.0 Å². The molecule has 0 spiro atoms. The molecule has 0 bridgehead atoms. The second-order valence-corrected chi connectivity index (χ2v) is 5.72. The molecule has 6 heteroatoms. The number of hydrogen-bond acceptors (Lipinski definition) is 6. The molecule has 0 radical (unpaired) electrons. The number of ether oxygens (including phenoxy) is 1. The van der Waals surface area contributed by atoms with Crippen molar-refractivity contribution in [1.29, 1.82) is 0 Å². The third-order valence-electron chi connectivity index (χ3n) is 3.86. The maximum Gasteiger partial charge on any atom is 0.316 e. The Kier molecular flexibility index (Phi) is 4.46. The third kappa shape index (κ3) is 3.69. The van der Waals surface area contributed by atoms with E-state index in [1.165, 1.54) is 0 Å². The van der Waals surface area contributed by atoms with Crippen LogP contribution < -0.4 is 9.64 Å². The third-order valence-corrected chi connectivity index (χ3v) is 3.86. The van der Waals surface area contributed by atoms with Crippen molar-refractivity contribution in [1.82, 2.24) is 19.9 Å². The quantitative estimate of drug-likeness (QED) is 0.862. The molecule has 116 valence electrons. The molecule has 22 heavy (non-hydrogen) atoms. The van der Waals surface area contributed by atoms with Crippen LogP contribution in [0.3, 0.4) is 0 Å². The summed E-state index contributed by atoms with van der Waals surface area (Å²) in [4.78, 5) is 19.5. The van der Waals surface area contributed by atoms with Crippen LogP contribution in [0.25, 0.3) is 0 Å². The van der Waals surface area contributed by atoms with Gasteiger partial charge in [0.2, 0.25) is 5.95 Å². The summed E-state index contributed by atoms with van der Waals surface area (Å²) in [7, 11) is 0. The van der Waals surface area contributed by atoms with Crippen LogP contribution in [0.4, 0.5) is 5.95 Å². The Morgan fingerprint density at radius 3 is 2.36 bits per heavy atom. The fraction of sp³-hybridized carbons (Fsp3) is 0.500. The lowest BCUT2D eigenvalue weighted by Gasteiger charge is -2.31. The van der Waals surface area contributed by atoms with Crippen molar-refractivity contribution in [2.24, 2.45) is 5.92 Å². The van der Waals surface area contributed by atoms with Crippen molar-refractivity contribution in [2.45, 2.75) is 26.7 Å². The molecular formula is C16H21N5O. The van der Waals surface area contributed by atoms with Crippen LogP contribution in [0.1, 0.15) is 24.2 Å². The summed E-state index contributed by atoms with van der Waals surface area (Å²) in [5.41, 5.74) is 2.04. The van der Waals surface area contributed by atoms with E-state index in [0.29, 0.717) is 18.5 Å². The largest absolute Gasteiger partial charge is 0.463 e. The predicted octanol–water partition coefficient (Wildman–Crippen LogP) is 2.18. The second-order valence-electron chi connectivity index (χ2n) is 5.72. The molecule has 0 saturated carbocycles. The van der Waals surface area contributed by atoms with Crippen LogP contribution in [-0.2, 0) is 0 Å². The molecule has 0 atom stereocenters. The number of aryl methyl sites for hydroxylation is 2. The SMILES string of the molecule is Cc1cc(C)nc(N2CCC(COc3ncccn3)CC2)n1. The summed E-state index contributed by atoms with van der Waals surface area (Å²) in [6.45, 7) is 6.63. The first-order valence-electron chi connectivity index (χ1n) is 7.68. The molecule has 6 nitrogen and oxygen atoms in total. The first-order chi connectivity index (χ1) is 10.7. The van der Waals surface area contributed by atoms with Gasteiger partial charge in [-0.05, 0) is 44.7 Å². The Morgan fingerprint density at radius 1 is 1.09 bits per heavy atom. The van der Waals surface area contributed by atoms with Gasteiger partial charge in [-0.1, -0.05) is 0 Å². The minimum Gasteiger partial charge on any atom is -0.463 e. The molecule has 0 amide bonds. The molecule has 0 N–H and O–H groups in total. The molecule has 3 rings (SSSR count). The molecule has 2 aromatic heterocycles. The standard InChI is InChI=1S/C16H21N5O/c1-12-10-13(2)20-15(19-12)21-8-4-14(5-9-21)11-22-16-17-6-3-7-18-16/h3,6-7,10,14H,4-5,8-9,11H2,1-2H3. The van der Waals surface area contributed by atoms with Gasteiger partial charge in [-0.25, -0.2) is 19.9 Å². The number of hydrogen-bond donors (Lipinski definition) is 0. The minimum absolute atomic E-state index is 0.461. The van der Waals surface area contributed by atoms with E-state index in [2.05, 4.69) is 24.8 Å². The van der Waals surface area contributed by atoms with Crippen molar-refractivity contribution < 1.29 is 4.74 Å². The highest BCUT2D eigenvalue weighted by molar-refractivity contribution is 5.32. The summed E-state index contributed by atoms with van der Waals surface area (Å²) in [5, 5.41) is 0. The molecule has 1 saturated heterocycles. The highest BCUT2D eigenvalue weighted by atomic mass is 16.5. The van der Waals surface area contributed by atoms with Crippen molar-refractivity contribution in [3.8, 4) is 6.01 Å². The number of nitrogens with zero attached hydrogens (tertiary/aromatic N) is 5. The smallest absolute Gasteiger partial charge is 0.316 e. The van der Waals surface area contributed by atoms with E-state index in [-0.39, 0.29) is 0 Å². The first-order valence-corrected chi connectivity index (χ1v) is 7.68. The Balaban J connectivity index is 1.52. The molecule has 2 aromatic rings. The van der Waals surface area contributed by atoms with Gasteiger partial charge < -0.3 is 9.64 Å². The molecular weight excluding hydrogens is 278 g/mol. The summed E-state index contributed by atoms with van der Waals surface area (Å²) in [5.74, 6) is 1.38. The normalized spacial score (nSPS) is 15.8. The van der Waals surface area contributed by atoms with Gasteiger partial charge in [0, 0.05) is 36.9 Å². The van der Waals surface area contributed by atoms with Crippen molar-refractivity contribution in [3.63, 3.8) is 0 Å². The van der Waals surface area contributed by atoms with Crippen LogP contribution in [0, 0.1) is 19.8 Å². The van der Waals surface area contributed by atoms with Gasteiger partial charge in [-0.3, -0.25) is 0 Å². The van der Waals surface area contributed by atoms with E-state index in [1.807, 2.05) is 19.9 Å². The van der Waals surface area contributed by atoms with E-state index in [0.717, 1.165) is 43.3 Å². The van der Waals surface area contributed by atoms with Gasteiger partial charge in [0.1, 0.15) is 0 Å². The summed E-state index contributed by atoms with van der Waals surface area (Å²) < 4.78 is 5.65. The van der Waals surface area contributed by atoms with Crippen LogP contribution in [0.15, 0.2) is 24.5 Å². The molecule has 0 aliphatic carbocycles. The zero-order chi connectivity index (χ0) is 15.4. The van der Waals surface area contributed by atoms with Crippen LogP contribution in [-0.4, -0.2) is 39.6 Å². The Labute approximate surface area is 130 Å². The molecule has 1 aliphatic heterocycles. The number of rotatable bonds is 4. The summed E-state index contributed by atoms with van der Waals surface area (Å²) >= 11 is 0. The van der Waals surface area contributed by atoms with E-state index >= 15 is 0 Å². The summed E-state index contributed by atoms with van der Waals surface area (Å²) in [6, 6.07) is 4.25. The van der Waals surface area contributed by atoms with Gasteiger partial charge in [-0.2, -0.15) is 0 Å². The zero-order valence-corrected chi connectivity index (χ0v) is 13.1. The second kappa shape index (κ2) is 6.68. The van der Waals surface area contributed by atoms with Gasteiger partial charge in [-0.15, -0.1) is 0 Å². The van der Waals surface area contributed by atoms with Crippen molar-refractivity contribution >= 4 is 5.95 Å². The maximum atomic E-state index is 5.65. The van der Waals surface area contributed by atoms with Crippen LogP contribution in [0.2, 0.25) is 0 Å². The van der Waals surface area contributed by atoms with Gasteiger partial charge in [0.05, 0.1) is 6.61 Å². The van der Waals surface area contributed by atoms with E-state index in [9.17, 15) is 0 Å². The molecule has 1 fully saturated rings. The Hall–Kier alpha value is -2.24. The van der Waals surface area contributed by atoms with Gasteiger partial charge >= 0.3 is 6.01 Å². The first kappa shape index (κ1) is 14.7. The van der Waals surface area contributed by atoms with Gasteiger partial charge in [0.15, 0.2) is 0 Å². The highest BCUT2D eigenvalue weighted by Crippen LogP contribution is 2.21. The van der Waals surface area contributed by atoms with Crippen LogP contribution in [0.5, 0.6) is 6.01 Å². The zero-order valence-electron chi connectivity index (χ0n) is 13.1. The Bertz CT molecular complexity index is 591. The van der Waals surface area contributed by atoms with E-state index < -0.39 is 0 Å². The molecule has 3 heterocycles. The minimum atomic E-state index is 0.461. The van der Waals surface area contributed by atoms with E-state index in [4.69, 9.17) is 4.74 Å². The van der Waals surface area contributed by atoms with Crippen molar-refractivity contribution in [2.75, 3.05) is 24.6 Å². The lowest BCUT2D eigenvalue weighted by Crippen LogP contribution is -2.36. The number of aromatic nitrogens is 4. The predicted molar refractivity (Wildman–Crippen MR) is 84.0 cm³/mol. The average Bonchev–Trinajstić information content (AvgIpc) is 2.53. The van der Waals surface area contributed by atoms with Crippen molar-refractivity contribution in [3.05, 3.63) is 35.9 Å². The molecule has 0 aromatic carbocycles. The molecule has 1 aliphatic rings. The maximum absolute atomic E-state index is 5.65. The Morgan fingerprint density at radius 2 is 1.73 bits per heavy atom. The number of piperidine rings is 1. The highest BCUT2D eigenvalue weighted by Gasteiger charge is 2.22. The number of anilines is 1. The van der Waals surface area contributed by atoms with Crippen LogP contribution >= 0.6 is 0 Å². The fourth-order valence-corrected chi connectivity index (χ4v) is 2.70. The fourth-order valence-electron chi connectivity index (χ4n) is 2.70. The van der Waals surface area contributed by atoms with E-state index in [1.54, 1.807) is 18.5 Å². The lowest BCUT2D eigenvalue weighted by molar-refractivity contribution is 0.208. The monoisotopic (exact) mass is 299 g/mol. The molecule has 0 unspecified atom stereocenters.